The molecule has 126 valence electrons. The first-order valence-electron chi connectivity index (χ1n) is 7.43. The van der Waals surface area contributed by atoms with E-state index in [0.717, 1.165) is 31.9 Å². The molecule has 0 radical (unpaired) electrons. The van der Waals surface area contributed by atoms with E-state index in [-0.39, 0.29) is 17.6 Å². The minimum atomic E-state index is -0.131. The molecule has 2 amide bonds. The number of carbonyl (C=O) groups excluding carboxylic acids is 2. The number of anilines is 2. The van der Waals surface area contributed by atoms with E-state index in [4.69, 9.17) is 0 Å². The van der Waals surface area contributed by atoms with Crippen LogP contribution in [-0.4, -0.2) is 17.6 Å². The number of amides is 2. The Bertz CT molecular complexity index is 778. The lowest BCUT2D eigenvalue weighted by Crippen LogP contribution is -2.15. The Kier molecular flexibility index (Phi) is 6.45. The molecule has 0 aliphatic heterocycles. The Labute approximate surface area is 154 Å². The zero-order chi connectivity index (χ0) is 17.7. The first-order chi connectivity index (χ1) is 11.4. The predicted octanol–water partition coefficient (Wildman–Crippen LogP) is 4.76. The molecule has 0 spiro atoms. The van der Waals surface area contributed by atoms with E-state index in [1.165, 1.54) is 18.7 Å². The first kappa shape index (κ1) is 18.5. The number of hydrogen-bond donors (Lipinski definition) is 2. The maximum Gasteiger partial charge on any atom is 0.234 e. The van der Waals surface area contributed by atoms with Crippen LogP contribution < -0.4 is 10.6 Å². The van der Waals surface area contributed by atoms with Crippen LogP contribution in [0.1, 0.15) is 18.1 Å². The topological polar surface area (TPSA) is 58.2 Å². The molecule has 4 nitrogen and oxygen atoms in total. The van der Waals surface area contributed by atoms with Gasteiger partial charge in [-0.1, -0.05) is 28.1 Å². The van der Waals surface area contributed by atoms with Crippen molar-refractivity contribution in [3.63, 3.8) is 0 Å². The summed E-state index contributed by atoms with van der Waals surface area (Å²) >= 11 is 4.88. The normalized spacial score (nSPS) is 10.3. The smallest absolute Gasteiger partial charge is 0.234 e. The highest BCUT2D eigenvalue weighted by molar-refractivity contribution is 9.10. The summed E-state index contributed by atoms with van der Waals surface area (Å²) < 4.78 is 1.02. The van der Waals surface area contributed by atoms with Crippen LogP contribution >= 0.6 is 27.7 Å². The van der Waals surface area contributed by atoms with Gasteiger partial charge in [0.25, 0.3) is 0 Å². The molecular weight excluding hydrogens is 388 g/mol. The molecule has 0 aromatic heterocycles. The zero-order valence-corrected chi connectivity index (χ0v) is 16.2. The summed E-state index contributed by atoms with van der Waals surface area (Å²) in [5.74, 6) is 0.0569. The van der Waals surface area contributed by atoms with Crippen LogP contribution in [0.3, 0.4) is 0 Å². The van der Waals surface area contributed by atoms with Crippen LogP contribution in [0.25, 0.3) is 0 Å². The highest BCUT2D eigenvalue weighted by atomic mass is 79.9. The van der Waals surface area contributed by atoms with Crippen molar-refractivity contribution in [1.82, 2.24) is 0 Å². The van der Waals surface area contributed by atoms with Gasteiger partial charge < -0.3 is 10.6 Å². The minimum absolute atomic E-state index is 0.0811. The molecule has 0 saturated heterocycles. The number of hydrogen-bond acceptors (Lipinski definition) is 3. The molecule has 0 saturated carbocycles. The first-order valence-corrected chi connectivity index (χ1v) is 9.21. The van der Waals surface area contributed by atoms with Gasteiger partial charge in [-0.3, -0.25) is 9.59 Å². The summed E-state index contributed by atoms with van der Waals surface area (Å²) in [5.41, 5.74) is 3.69. The standard InChI is InChI=1S/C18H19BrN2O2S/c1-11-12(2)15(9-8-14(11)19)21-18(23)10-24-17-7-5-4-6-16(17)20-13(3)22/h4-9H,10H2,1-3H3,(H,20,22)(H,21,23). The molecule has 0 bridgehead atoms. The average Bonchev–Trinajstić information content (AvgIpc) is 2.54. The molecule has 0 heterocycles. The van der Waals surface area contributed by atoms with Crippen molar-refractivity contribution < 1.29 is 9.59 Å². The van der Waals surface area contributed by atoms with Gasteiger partial charge in [-0.25, -0.2) is 0 Å². The van der Waals surface area contributed by atoms with Crippen LogP contribution in [0, 0.1) is 13.8 Å². The lowest BCUT2D eigenvalue weighted by atomic mass is 10.1. The van der Waals surface area contributed by atoms with E-state index in [9.17, 15) is 9.59 Å². The van der Waals surface area contributed by atoms with Gasteiger partial charge in [0.05, 0.1) is 11.4 Å². The molecule has 0 fully saturated rings. The summed E-state index contributed by atoms with van der Waals surface area (Å²) in [7, 11) is 0. The molecule has 0 aliphatic carbocycles. The van der Waals surface area contributed by atoms with E-state index in [2.05, 4.69) is 26.6 Å². The third-order valence-corrected chi connectivity index (χ3v) is 5.48. The van der Waals surface area contributed by atoms with Crippen molar-refractivity contribution in [1.29, 1.82) is 0 Å². The second kappa shape index (κ2) is 8.35. The van der Waals surface area contributed by atoms with Gasteiger partial charge in [0.2, 0.25) is 11.8 Å². The monoisotopic (exact) mass is 406 g/mol. The lowest BCUT2D eigenvalue weighted by Gasteiger charge is -2.12. The van der Waals surface area contributed by atoms with Gasteiger partial charge >= 0.3 is 0 Å². The maximum atomic E-state index is 12.2. The van der Waals surface area contributed by atoms with Gasteiger partial charge in [-0.15, -0.1) is 11.8 Å². The molecule has 2 N–H and O–H groups in total. The van der Waals surface area contributed by atoms with Crippen LogP contribution in [0.4, 0.5) is 11.4 Å². The van der Waals surface area contributed by atoms with Crippen molar-refractivity contribution in [3.8, 4) is 0 Å². The Morgan fingerprint density at radius 1 is 1.00 bits per heavy atom. The summed E-state index contributed by atoms with van der Waals surface area (Å²) in [6.07, 6.45) is 0. The number of para-hydroxylation sites is 1. The third-order valence-electron chi connectivity index (χ3n) is 3.55. The lowest BCUT2D eigenvalue weighted by molar-refractivity contribution is -0.114. The van der Waals surface area contributed by atoms with Crippen LogP contribution in [0.15, 0.2) is 45.8 Å². The maximum absolute atomic E-state index is 12.2. The van der Waals surface area contributed by atoms with Crippen LogP contribution in [0.2, 0.25) is 0 Å². The largest absolute Gasteiger partial charge is 0.325 e. The summed E-state index contributed by atoms with van der Waals surface area (Å²) in [4.78, 5) is 24.3. The molecule has 24 heavy (non-hydrogen) atoms. The Morgan fingerprint density at radius 3 is 2.42 bits per heavy atom. The second-order valence-electron chi connectivity index (χ2n) is 5.36. The molecule has 6 heteroatoms. The van der Waals surface area contributed by atoms with E-state index in [0.29, 0.717) is 0 Å². The van der Waals surface area contributed by atoms with E-state index < -0.39 is 0 Å². The van der Waals surface area contributed by atoms with Crippen LogP contribution in [-0.2, 0) is 9.59 Å². The predicted molar refractivity (Wildman–Crippen MR) is 104 cm³/mol. The van der Waals surface area contributed by atoms with E-state index in [1.807, 2.05) is 50.2 Å². The van der Waals surface area contributed by atoms with Gasteiger partial charge in [-0.2, -0.15) is 0 Å². The highest BCUT2D eigenvalue weighted by Gasteiger charge is 2.10. The number of rotatable bonds is 5. The number of benzene rings is 2. The highest BCUT2D eigenvalue weighted by Crippen LogP contribution is 2.28. The van der Waals surface area contributed by atoms with Gasteiger partial charge in [0.15, 0.2) is 0 Å². The number of halogens is 1. The fourth-order valence-electron chi connectivity index (χ4n) is 2.14. The molecule has 0 unspecified atom stereocenters. The van der Waals surface area contributed by atoms with Crippen molar-refractivity contribution in [2.75, 3.05) is 16.4 Å². The fraction of sp³-hybridized carbons (Fsp3) is 0.222. The number of carbonyl (C=O) groups is 2. The number of nitrogens with one attached hydrogen (secondary N) is 2. The van der Waals surface area contributed by atoms with E-state index in [1.54, 1.807) is 0 Å². The van der Waals surface area contributed by atoms with Crippen molar-refractivity contribution in [3.05, 3.63) is 52.0 Å². The molecule has 2 rings (SSSR count). The SMILES string of the molecule is CC(=O)Nc1ccccc1SCC(=O)Nc1ccc(Br)c(C)c1C. The Hall–Kier alpha value is -1.79. The third kappa shape index (κ3) is 4.85. The van der Waals surface area contributed by atoms with Gasteiger partial charge in [0.1, 0.15) is 0 Å². The summed E-state index contributed by atoms with van der Waals surface area (Å²) in [5, 5.41) is 5.71. The van der Waals surface area contributed by atoms with Gasteiger partial charge in [-0.05, 0) is 49.2 Å². The zero-order valence-electron chi connectivity index (χ0n) is 13.8. The Morgan fingerprint density at radius 2 is 1.71 bits per heavy atom. The van der Waals surface area contributed by atoms with Crippen molar-refractivity contribution >= 4 is 50.9 Å². The minimum Gasteiger partial charge on any atom is -0.325 e. The molecule has 0 aliphatic rings. The van der Waals surface area contributed by atoms with E-state index >= 15 is 0 Å². The van der Waals surface area contributed by atoms with Crippen molar-refractivity contribution in [2.24, 2.45) is 0 Å². The number of thioether (sulfide) groups is 1. The molecule has 2 aromatic rings. The molecule has 0 atom stereocenters. The summed E-state index contributed by atoms with van der Waals surface area (Å²) in [6.45, 7) is 5.45. The quantitative estimate of drug-likeness (QED) is 0.703. The fourth-order valence-corrected chi connectivity index (χ4v) is 3.38. The average molecular weight is 407 g/mol. The van der Waals surface area contributed by atoms with Gasteiger partial charge in [0, 0.05) is 22.0 Å². The molecule has 2 aromatic carbocycles. The second-order valence-corrected chi connectivity index (χ2v) is 7.23. The van der Waals surface area contributed by atoms with Crippen molar-refractivity contribution in [2.45, 2.75) is 25.7 Å². The molecular formula is C18H19BrN2O2S. The summed E-state index contributed by atoms with van der Waals surface area (Å²) in [6, 6.07) is 11.3. The van der Waals surface area contributed by atoms with Crippen LogP contribution in [0.5, 0.6) is 0 Å². The Balaban J connectivity index is 2.02.